The molecule has 18 heavy (non-hydrogen) atoms. The highest BCUT2D eigenvalue weighted by atomic mass is 16.5. The third kappa shape index (κ3) is 3.03. The SMILES string of the molecule is Cc1cc(C(C)C)nc(NCc2noc(C)n2)n1. The molecule has 2 heterocycles. The molecule has 0 radical (unpaired) electrons. The maximum absolute atomic E-state index is 4.90. The van der Waals surface area contributed by atoms with Gasteiger partial charge in [-0.15, -0.1) is 0 Å². The Balaban J connectivity index is 2.09. The smallest absolute Gasteiger partial charge is 0.223 e. The normalized spacial score (nSPS) is 10.9. The van der Waals surface area contributed by atoms with E-state index in [-0.39, 0.29) is 0 Å². The molecule has 0 bridgehead atoms. The fourth-order valence-corrected chi connectivity index (χ4v) is 1.54. The summed E-state index contributed by atoms with van der Waals surface area (Å²) in [7, 11) is 0. The number of anilines is 1. The largest absolute Gasteiger partial charge is 0.347 e. The Kier molecular flexibility index (Phi) is 3.55. The summed E-state index contributed by atoms with van der Waals surface area (Å²) in [6.07, 6.45) is 0. The van der Waals surface area contributed by atoms with Crippen molar-refractivity contribution in [2.24, 2.45) is 0 Å². The monoisotopic (exact) mass is 247 g/mol. The van der Waals surface area contributed by atoms with Gasteiger partial charge in [0.05, 0.1) is 6.54 Å². The van der Waals surface area contributed by atoms with Crippen LogP contribution in [0, 0.1) is 13.8 Å². The van der Waals surface area contributed by atoms with E-state index in [2.05, 4.69) is 39.3 Å². The van der Waals surface area contributed by atoms with E-state index < -0.39 is 0 Å². The second kappa shape index (κ2) is 5.12. The maximum Gasteiger partial charge on any atom is 0.223 e. The first-order valence-electron chi connectivity index (χ1n) is 5.93. The lowest BCUT2D eigenvalue weighted by Gasteiger charge is -2.08. The van der Waals surface area contributed by atoms with Gasteiger partial charge < -0.3 is 9.84 Å². The number of rotatable bonds is 4. The standard InChI is InChI=1S/C12H17N5O/c1-7(2)10-5-8(3)14-12(16-10)13-6-11-15-9(4)18-17-11/h5,7H,6H2,1-4H3,(H,13,14,16). The number of hydrogen-bond acceptors (Lipinski definition) is 6. The van der Waals surface area contributed by atoms with Gasteiger partial charge in [0, 0.05) is 18.3 Å². The summed E-state index contributed by atoms with van der Waals surface area (Å²) in [6.45, 7) is 8.38. The molecule has 6 nitrogen and oxygen atoms in total. The van der Waals surface area contributed by atoms with Gasteiger partial charge in [-0.1, -0.05) is 19.0 Å². The van der Waals surface area contributed by atoms with Crippen LogP contribution >= 0.6 is 0 Å². The van der Waals surface area contributed by atoms with Crippen LogP contribution in [0.2, 0.25) is 0 Å². The average Bonchev–Trinajstić information content (AvgIpc) is 2.72. The molecule has 0 spiro atoms. The zero-order valence-electron chi connectivity index (χ0n) is 11.1. The van der Waals surface area contributed by atoms with E-state index in [4.69, 9.17) is 4.52 Å². The number of aryl methyl sites for hydroxylation is 2. The number of hydrogen-bond donors (Lipinski definition) is 1. The van der Waals surface area contributed by atoms with Crippen LogP contribution in [0.5, 0.6) is 0 Å². The molecule has 0 unspecified atom stereocenters. The van der Waals surface area contributed by atoms with Crippen molar-refractivity contribution in [2.75, 3.05) is 5.32 Å². The zero-order chi connectivity index (χ0) is 13.1. The first-order chi connectivity index (χ1) is 8.54. The Morgan fingerprint density at radius 1 is 1.22 bits per heavy atom. The van der Waals surface area contributed by atoms with Crippen molar-refractivity contribution >= 4 is 5.95 Å². The molecule has 96 valence electrons. The van der Waals surface area contributed by atoms with Gasteiger partial charge >= 0.3 is 0 Å². The number of nitrogens with zero attached hydrogens (tertiary/aromatic N) is 4. The average molecular weight is 247 g/mol. The Hall–Kier alpha value is -1.98. The third-order valence-electron chi connectivity index (χ3n) is 2.44. The molecule has 2 aromatic rings. The molecule has 0 atom stereocenters. The van der Waals surface area contributed by atoms with Gasteiger partial charge in [-0.2, -0.15) is 4.98 Å². The molecule has 0 fully saturated rings. The van der Waals surface area contributed by atoms with Gasteiger partial charge in [0.25, 0.3) is 0 Å². The van der Waals surface area contributed by atoms with E-state index in [9.17, 15) is 0 Å². The first-order valence-corrected chi connectivity index (χ1v) is 5.93. The highest BCUT2D eigenvalue weighted by Crippen LogP contribution is 2.14. The molecule has 0 amide bonds. The van der Waals surface area contributed by atoms with E-state index in [0.29, 0.717) is 30.1 Å². The predicted molar refractivity (Wildman–Crippen MR) is 67.2 cm³/mol. The fourth-order valence-electron chi connectivity index (χ4n) is 1.54. The van der Waals surface area contributed by atoms with Crippen molar-refractivity contribution in [3.8, 4) is 0 Å². The number of aromatic nitrogens is 4. The second-order valence-electron chi connectivity index (χ2n) is 4.50. The second-order valence-corrected chi connectivity index (χ2v) is 4.50. The molecule has 2 aromatic heterocycles. The summed E-state index contributed by atoms with van der Waals surface area (Å²) in [5, 5.41) is 6.91. The Labute approximate surface area is 106 Å². The minimum Gasteiger partial charge on any atom is -0.347 e. The summed E-state index contributed by atoms with van der Waals surface area (Å²) < 4.78 is 4.90. The van der Waals surface area contributed by atoms with Crippen molar-refractivity contribution < 1.29 is 4.52 Å². The van der Waals surface area contributed by atoms with E-state index in [1.807, 2.05) is 13.0 Å². The fraction of sp³-hybridized carbons (Fsp3) is 0.500. The highest BCUT2D eigenvalue weighted by molar-refractivity contribution is 5.29. The van der Waals surface area contributed by atoms with Crippen LogP contribution in [0.4, 0.5) is 5.95 Å². The topological polar surface area (TPSA) is 76.7 Å². The lowest BCUT2D eigenvalue weighted by Crippen LogP contribution is -2.08. The van der Waals surface area contributed by atoms with E-state index >= 15 is 0 Å². The van der Waals surface area contributed by atoms with Gasteiger partial charge in [-0.3, -0.25) is 0 Å². The lowest BCUT2D eigenvalue weighted by molar-refractivity contribution is 0.388. The van der Waals surface area contributed by atoms with E-state index in [1.54, 1.807) is 6.92 Å². The molecular formula is C12H17N5O. The molecule has 0 aliphatic carbocycles. The van der Waals surface area contributed by atoms with Gasteiger partial charge in [0.2, 0.25) is 11.8 Å². The predicted octanol–water partition coefficient (Wildman–Crippen LogP) is 2.21. The summed E-state index contributed by atoms with van der Waals surface area (Å²) >= 11 is 0. The van der Waals surface area contributed by atoms with E-state index in [0.717, 1.165) is 11.4 Å². The van der Waals surface area contributed by atoms with Gasteiger partial charge in [0.15, 0.2) is 5.82 Å². The van der Waals surface area contributed by atoms with Crippen molar-refractivity contribution in [1.82, 2.24) is 20.1 Å². The summed E-state index contributed by atoms with van der Waals surface area (Å²) in [4.78, 5) is 12.9. The lowest BCUT2D eigenvalue weighted by atomic mass is 10.1. The first kappa shape index (κ1) is 12.5. The van der Waals surface area contributed by atoms with Crippen molar-refractivity contribution in [3.05, 3.63) is 29.2 Å². The summed E-state index contributed by atoms with van der Waals surface area (Å²) in [5.41, 5.74) is 1.97. The minimum absolute atomic E-state index is 0.375. The van der Waals surface area contributed by atoms with Crippen LogP contribution in [-0.4, -0.2) is 20.1 Å². The third-order valence-corrected chi connectivity index (χ3v) is 2.44. The van der Waals surface area contributed by atoms with E-state index in [1.165, 1.54) is 0 Å². The van der Waals surface area contributed by atoms with Crippen molar-refractivity contribution in [2.45, 2.75) is 40.2 Å². The Morgan fingerprint density at radius 3 is 2.61 bits per heavy atom. The zero-order valence-corrected chi connectivity index (χ0v) is 11.1. The van der Waals surface area contributed by atoms with Crippen molar-refractivity contribution in [1.29, 1.82) is 0 Å². The van der Waals surface area contributed by atoms with Gasteiger partial charge in [0.1, 0.15) is 0 Å². The summed E-state index contributed by atoms with van der Waals surface area (Å²) in [6, 6.07) is 1.99. The number of nitrogens with one attached hydrogen (secondary N) is 1. The molecule has 1 N–H and O–H groups in total. The molecule has 0 saturated heterocycles. The van der Waals surface area contributed by atoms with Crippen LogP contribution in [0.15, 0.2) is 10.6 Å². The molecule has 2 rings (SSSR count). The van der Waals surface area contributed by atoms with Gasteiger partial charge in [-0.25, -0.2) is 9.97 Å². The van der Waals surface area contributed by atoms with Crippen LogP contribution in [0.3, 0.4) is 0 Å². The molecule has 0 aliphatic heterocycles. The Bertz CT molecular complexity index is 535. The van der Waals surface area contributed by atoms with Crippen LogP contribution < -0.4 is 5.32 Å². The van der Waals surface area contributed by atoms with Gasteiger partial charge in [-0.05, 0) is 18.9 Å². The van der Waals surface area contributed by atoms with Crippen LogP contribution in [-0.2, 0) is 6.54 Å². The molecule has 0 aliphatic rings. The maximum atomic E-state index is 4.90. The highest BCUT2D eigenvalue weighted by Gasteiger charge is 2.07. The Morgan fingerprint density at radius 2 is 2.00 bits per heavy atom. The minimum atomic E-state index is 0.375. The molecule has 6 heteroatoms. The summed E-state index contributed by atoms with van der Waals surface area (Å²) in [5.74, 6) is 2.13. The molecular weight excluding hydrogens is 230 g/mol. The van der Waals surface area contributed by atoms with Crippen molar-refractivity contribution in [3.63, 3.8) is 0 Å². The molecule has 0 saturated carbocycles. The quantitative estimate of drug-likeness (QED) is 0.892. The molecule has 0 aromatic carbocycles. The van der Waals surface area contributed by atoms with Crippen LogP contribution in [0.25, 0.3) is 0 Å². The van der Waals surface area contributed by atoms with Crippen LogP contribution in [0.1, 0.15) is 42.9 Å².